The quantitative estimate of drug-likeness (QED) is 0.818. The number of rotatable bonds is 2. The summed E-state index contributed by atoms with van der Waals surface area (Å²) in [7, 11) is 0. The maximum Gasteiger partial charge on any atom is 0.0339 e. The van der Waals surface area contributed by atoms with Gasteiger partial charge in [0, 0.05) is 25.2 Å². The Morgan fingerprint density at radius 1 is 1.06 bits per heavy atom. The van der Waals surface area contributed by atoms with Crippen molar-refractivity contribution in [3.05, 3.63) is 0 Å². The van der Waals surface area contributed by atoms with E-state index < -0.39 is 0 Å². The summed E-state index contributed by atoms with van der Waals surface area (Å²) >= 11 is 0. The van der Waals surface area contributed by atoms with Crippen LogP contribution in [0.3, 0.4) is 0 Å². The third-order valence-corrected chi connectivity index (χ3v) is 5.48. The monoisotopic (exact) mass is 252 g/mol. The molecule has 0 amide bonds. The van der Waals surface area contributed by atoms with Crippen molar-refractivity contribution in [3.63, 3.8) is 0 Å². The average molecular weight is 252 g/mol. The van der Waals surface area contributed by atoms with Crippen LogP contribution in [-0.4, -0.2) is 30.1 Å². The highest BCUT2D eigenvalue weighted by Gasteiger charge is 2.48. The molecule has 0 aromatic rings. The van der Waals surface area contributed by atoms with Crippen molar-refractivity contribution in [2.24, 2.45) is 28.9 Å². The molecule has 2 heteroatoms. The number of nitrogens with zero attached hydrogens (tertiary/aromatic N) is 1. The summed E-state index contributed by atoms with van der Waals surface area (Å²) in [5.74, 6) is 2.46. The van der Waals surface area contributed by atoms with Gasteiger partial charge < -0.3 is 5.73 Å². The zero-order valence-corrected chi connectivity index (χ0v) is 13.0. The van der Waals surface area contributed by atoms with E-state index in [1.165, 1.54) is 32.4 Å². The maximum atomic E-state index is 6.25. The van der Waals surface area contributed by atoms with Gasteiger partial charge in [-0.25, -0.2) is 0 Å². The predicted octanol–water partition coefficient (Wildman–Crippen LogP) is 3.12. The topological polar surface area (TPSA) is 29.3 Å². The van der Waals surface area contributed by atoms with E-state index in [2.05, 4.69) is 39.5 Å². The lowest BCUT2D eigenvalue weighted by Crippen LogP contribution is -2.58. The summed E-state index contributed by atoms with van der Waals surface area (Å²) in [5, 5.41) is 0. The Balaban J connectivity index is 2.20. The third-order valence-electron chi connectivity index (χ3n) is 5.48. The van der Waals surface area contributed by atoms with Crippen molar-refractivity contribution in [1.82, 2.24) is 4.90 Å². The van der Waals surface area contributed by atoms with E-state index in [-0.39, 0.29) is 5.54 Å². The van der Waals surface area contributed by atoms with Crippen LogP contribution in [0.25, 0.3) is 0 Å². The Kier molecular flexibility index (Phi) is 3.81. The summed E-state index contributed by atoms with van der Waals surface area (Å²) in [6.07, 6.45) is 3.93. The molecule has 0 radical (unpaired) electrons. The molecule has 0 spiro atoms. The molecule has 2 nitrogen and oxygen atoms in total. The molecule has 2 N–H and O–H groups in total. The number of hydrogen-bond acceptors (Lipinski definition) is 2. The van der Waals surface area contributed by atoms with Crippen molar-refractivity contribution >= 4 is 0 Å². The molecule has 1 heterocycles. The van der Waals surface area contributed by atoms with Gasteiger partial charge in [-0.3, -0.25) is 4.90 Å². The average Bonchev–Trinajstić information content (AvgIpc) is 2.56. The molecule has 4 atom stereocenters. The zero-order valence-electron chi connectivity index (χ0n) is 13.0. The summed E-state index contributed by atoms with van der Waals surface area (Å²) in [5.41, 5.74) is 6.98. The molecule has 2 aliphatic rings. The summed E-state index contributed by atoms with van der Waals surface area (Å²) in [6.45, 7) is 15.4. The van der Waals surface area contributed by atoms with E-state index in [1.54, 1.807) is 0 Å². The normalized spacial score (nSPS) is 45.3. The molecule has 1 aliphatic carbocycles. The van der Waals surface area contributed by atoms with Gasteiger partial charge >= 0.3 is 0 Å². The van der Waals surface area contributed by atoms with Crippen LogP contribution in [-0.2, 0) is 0 Å². The number of hydrogen-bond donors (Lipinski definition) is 1. The summed E-state index contributed by atoms with van der Waals surface area (Å²) in [4.78, 5) is 2.74. The van der Waals surface area contributed by atoms with Crippen molar-refractivity contribution < 1.29 is 0 Å². The number of nitrogens with two attached hydrogens (primary N) is 1. The second-order valence-electron chi connectivity index (χ2n) is 8.14. The molecule has 1 aliphatic heterocycles. The van der Waals surface area contributed by atoms with Gasteiger partial charge in [-0.05, 0) is 42.4 Å². The Hall–Kier alpha value is -0.0800. The highest BCUT2D eigenvalue weighted by molar-refractivity contribution is 5.03. The largest absolute Gasteiger partial charge is 0.329 e. The molecule has 18 heavy (non-hydrogen) atoms. The minimum atomic E-state index is 0.278. The lowest BCUT2D eigenvalue weighted by molar-refractivity contribution is -0.00107. The molecule has 1 saturated heterocycles. The van der Waals surface area contributed by atoms with Crippen LogP contribution in [0, 0.1) is 23.2 Å². The molecule has 106 valence electrons. The van der Waals surface area contributed by atoms with Gasteiger partial charge in [0.25, 0.3) is 0 Å². The summed E-state index contributed by atoms with van der Waals surface area (Å²) < 4.78 is 0. The van der Waals surface area contributed by atoms with Crippen LogP contribution in [0.4, 0.5) is 0 Å². The SMILES string of the molecule is CC1CC(C)(C)CC(CN)(N2CC(C)C(C)C2)C1. The van der Waals surface area contributed by atoms with E-state index in [0.717, 1.165) is 24.3 Å². The molecule has 2 rings (SSSR count). The first-order valence-electron chi connectivity index (χ1n) is 7.73. The van der Waals surface area contributed by atoms with E-state index in [4.69, 9.17) is 5.73 Å². The lowest BCUT2D eigenvalue weighted by Gasteiger charge is -2.52. The predicted molar refractivity (Wildman–Crippen MR) is 78.5 cm³/mol. The van der Waals surface area contributed by atoms with Crippen molar-refractivity contribution in [1.29, 1.82) is 0 Å². The van der Waals surface area contributed by atoms with Gasteiger partial charge in [0.05, 0.1) is 0 Å². The van der Waals surface area contributed by atoms with Crippen LogP contribution in [0.1, 0.15) is 53.9 Å². The maximum absolute atomic E-state index is 6.25. The van der Waals surface area contributed by atoms with Gasteiger partial charge in [-0.2, -0.15) is 0 Å². The second kappa shape index (κ2) is 4.79. The van der Waals surface area contributed by atoms with E-state index in [1.807, 2.05) is 0 Å². The fraction of sp³-hybridized carbons (Fsp3) is 1.00. The minimum absolute atomic E-state index is 0.278. The molecule has 0 bridgehead atoms. The molecule has 4 unspecified atom stereocenters. The van der Waals surface area contributed by atoms with Gasteiger partial charge in [0.15, 0.2) is 0 Å². The molecule has 0 aromatic heterocycles. The van der Waals surface area contributed by atoms with Crippen LogP contribution in [0.15, 0.2) is 0 Å². The molecule has 0 aromatic carbocycles. The van der Waals surface area contributed by atoms with Gasteiger partial charge in [0.2, 0.25) is 0 Å². The van der Waals surface area contributed by atoms with Crippen LogP contribution < -0.4 is 5.73 Å². The third kappa shape index (κ3) is 2.60. The van der Waals surface area contributed by atoms with Crippen LogP contribution in [0.5, 0.6) is 0 Å². The van der Waals surface area contributed by atoms with E-state index in [9.17, 15) is 0 Å². The molecular weight excluding hydrogens is 220 g/mol. The smallest absolute Gasteiger partial charge is 0.0339 e. The first-order valence-corrected chi connectivity index (χ1v) is 7.73. The molecule has 2 fully saturated rings. The highest BCUT2D eigenvalue weighted by Crippen LogP contribution is 2.47. The Morgan fingerprint density at radius 3 is 2.06 bits per heavy atom. The van der Waals surface area contributed by atoms with Gasteiger partial charge in [0.1, 0.15) is 0 Å². The van der Waals surface area contributed by atoms with Gasteiger partial charge in [-0.1, -0.05) is 34.6 Å². The van der Waals surface area contributed by atoms with Crippen LogP contribution >= 0.6 is 0 Å². The Bertz CT molecular complexity index is 289. The van der Waals surface area contributed by atoms with Gasteiger partial charge in [-0.15, -0.1) is 0 Å². The van der Waals surface area contributed by atoms with Crippen molar-refractivity contribution in [3.8, 4) is 0 Å². The Morgan fingerprint density at radius 2 is 1.61 bits per heavy atom. The second-order valence-corrected chi connectivity index (χ2v) is 8.14. The summed E-state index contributed by atoms with van der Waals surface area (Å²) in [6, 6.07) is 0. The highest BCUT2D eigenvalue weighted by atomic mass is 15.2. The lowest BCUT2D eigenvalue weighted by atomic mass is 9.63. The molecule has 1 saturated carbocycles. The first-order chi connectivity index (χ1) is 8.28. The van der Waals surface area contributed by atoms with E-state index >= 15 is 0 Å². The van der Waals surface area contributed by atoms with Crippen LogP contribution in [0.2, 0.25) is 0 Å². The number of likely N-dealkylation sites (tertiary alicyclic amines) is 1. The standard InChI is InChI=1S/C16H32N2/c1-12-6-15(4,5)10-16(7-12,11-17)18-8-13(2)14(3)9-18/h12-14H,6-11,17H2,1-5H3. The van der Waals surface area contributed by atoms with E-state index in [0.29, 0.717) is 5.41 Å². The van der Waals surface area contributed by atoms with Crippen molar-refractivity contribution in [2.45, 2.75) is 59.4 Å². The minimum Gasteiger partial charge on any atom is -0.329 e. The molecular formula is C16H32N2. The Labute approximate surface area is 113 Å². The zero-order chi connectivity index (χ0) is 13.6. The fourth-order valence-corrected chi connectivity index (χ4v) is 4.74. The van der Waals surface area contributed by atoms with Crippen molar-refractivity contribution in [2.75, 3.05) is 19.6 Å². The first kappa shape index (κ1) is 14.3. The fourth-order valence-electron chi connectivity index (χ4n) is 4.74.